The molecule has 1 aromatic heterocycles. The highest BCUT2D eigenvalue weighted by atomic mass is 19.4. The number of anilines is 1. The molecule has 0 saturated heterocycles. The lowest BCUT2D eigenvalue weighted by molar-refractivity contribution is -0.141. The minimum absolute atomic E-state index is 0.264. The van der Waals surface area contributed by atoms with Crippen LogP contribution in [0, 0.1) is 5.92 Å². The topological polar surface area (TPSA) is 63.8 Å². The van der Waals surface area contributed by atoms with Gasteiger partial charge in [0, 0.05) is 12.6 Å². The maximum absolute atomic E-state index is 12.2. The van der Waals surface area contributed by atoms with E-state index in [0.29, 0.717) is 18.3 Å². The van der Waals surface area contributed by atoms with Gasteiger partial charge in [-0.25, -0.2) is 9.97 Å². The van der Waals surface area contributed by atoms with Gasteiger partial charge < -0.3 is 11.1 Å². The fourth-order valence-corrected chi connectivity index (χ4v) is 1.77. The van der Waals surface area contributed by atoms with Gasteiger partial charge in [-0.2, -0.15) is 13.2 Å². The van der Waals surface area contributed by atoms with Gasteiger partial charge in [0.05, 0.1) is 12.4 Å². The second-order valence-electron chi connectivity index (χ2n) is 4.26. The van der Waals surface area contributed by atoms with Crippen LogP contribution in [-0.4, -0.2) is 22.6 Å². The van der Waals surface area contributed by atoms with Crippen molar-refractivity contribution >= 4 is 5.82 Å². The van der Waals surface area contributed by atoms with Crippen LogP contribution in [0.15, 0.2) is 12.4 Å². The summed E-state index contributed by atoms with van der Waals surface area (Å²) in [4.78, 5) is 6.98. The van der Waals surface area contributed by atoms with E-state index in [1.54, 1.807) is 0 Å². The molecule has 1 aliphatic rings. The van der Waals surface area contributed by atoms with Crippen molar-refractivity contribution < 1.29 is 13.2 Å². The van der Waals surface area contributed by atoms with Gasteiger partial charge in [0.25, 0.3) is 0 Å². The molecule has 0 amide bonds. The minimum atomic E-state index is -4.44. The first kappa shape index (κ1) is 12.1. The van der Waals surface area contributed by atoms with Gasteiger partial charge in [-0.1, -0.05) is 0 Å². The zero-order chi connectivity index (χ0) is 12.5. The molecule has 2 rings (SSSR count). The van der Waals surface area contributed by atoms with E-state index in [4.69, 9.17) is 5.73 Å². The number of halogens is 3. The first-order valence-electron chi connectivity index (χ1n) is 5.34. The molecule has 0 spiro atoms. The molecule has 0 atom stereocenters. The van der Waals surface area contributed by atoms with Gasteiger partial charge in [-0.05, 0) is 18.8 Å². The highest BCUT2D eigenvalue weighted by molar-refractivity contribution is 5.31. The standard InChI is InChI=1S/C10H13F3N4/c11-10(12,13)8-4-17-9(5-15-8)16-3-6-1-7(14)2-6/h4-7H,1-3,14H2,(H,16,17). The first-order chi connectivity index (χ1) is 7.95. The molecule has 17 heavy (non-hydrogen) atoms. The van der Waals surface area contributed by atoms with E-state index in [0.717, 1.165) is 25.2 Å². The van der Waals surface area contributed by atoms with Gasteiger partial charge >= 0.3 is 6.18 Å². The van der Waals surface area contributed by atoms with Gasteiger partial charge in [0.2, 0.25) is 0 Å². The SMILES string of the molecule is NC1CC(CNc2cnc(C(F)(F)F)cn2)C1. The molecule has 7 heteroatoms. The number of nitrogens with one attached hydrogen (secondary N) is 1. The van der Waals surface area contributed by atoms with Gasteiger partial charge in [0.1, 0.15) is 5.82 Å². The lowest BCUT2D eigenvalue weighted by Gasteiger charge is -2.32. The second-order valence-corrected chi connectivity index (χ2v) is 4.26. The number of hydrogen-bond acceptors (Lipinski definition) is 4. The molecular weight excluding hydrogens is 233 g/mol. The zero-order valence-corrected chi connectivity index (χ0v) is 9.04. The third-order valence-electron chi connectivity index (χ3n) is 2.79. The number of rotatable bonds is 3. The van der Waals surface area contributed by atoms with E-state index in [1.807, 2.05) is 0 Å². The van der Waals surface area contributed by atoms with Gasteiger partial charge in [0.15, 0.2) is 5.69 Å². The van der Waals surface area contributed by atoms with Gasteiger partial charge in [-0.3, -0.25) is 0 Å². The van der Waals surface area contributed by atoms with Crippen molar-refractivity contribution in [1.29, 1.82) is 0 Å². The molecule has 0 aromatic carbocycles. The third-order valence-corrected chi connectivity index (χ3v) is 2.79. The van der Waals surface area contributed by atoms with E-state index in [2.05, 4.69) is 15.3 Å². The van der Waals surface area contributed by atoms with Crippen molar-refractivity contribution in [2.75, 3.05) is 11.9 Å². The smallest absolute Gasteiger partial charge is 0.369 e. The summed E-state index contributed by atoms with van der Waals surface area (Å²) in [5, 5.41) is 2.95. The van der Waals surface area contributed by atoms with Crippen molar-refractivity contribution in [3.63, 3.8) is 0 Å². The van der Waals surface area contributed by atoms with Crippen LogP contribution in [-0.2, 0) is 6.18 Å². The monoisotopic (exact) mass is 246 g/mol. The average molecular weight is 246 g/mol. The van der Waals surface area contributed by atoms with Crippen molar-refractivity contribution in [3.8, 4) is 0 Å². The summed E-state index contributed by atoms with van der Waals surface area (Å²) in [6.07, 6.45) is -0.718. The summed E-state index contributed by atoms with van der Waals surface area (Å²) in [5.41, 5.74) is 4.65. The number of nitrogens with two attached hydrogens (primary N) is 1. The molecular formula is C10H13F3N4. The fourth-order valence-electron chi connectivity index (χ4n) is 1.77. The summed E-state index contributed by atoms with van der Waals surface area (Å²) in [6.45, 7) is 0.674. The van der Waals surface area contributed by atoms with Gasteiger partial charge in [-0.15, -0.1) is 0 Å². The molecule has 4 nitrogen and oxygen atoms in total. The lowest BCUT2D eigenvalue weighted by Crippen LogP contribution is -2.39. The molecule has 0 unspecified atom stereocenters. The number of hydrogen-bond donors (Lipinski definition) is 2. The van der Waals surface area contributed by atoms with Crippen LogP contribution in [0.3, 0.4) is 0 Å². The Kier molecular flexibility index (Phi) is 3.19. The number of nitrogens with zero attached hydrogens (tertiary/aromatic N) is 2. The van der Waals surface area contributed by atoms with Crippen LogP contribution in [0.2, 0.25) is 0 Å². The Labute approximate surface area is 96.4 Å². The van der Waals surface area contributed by atoms with Crippen LogP contribution in [0.4, 0.5) is 19.0 Å². The normalized spacial score (nSPS) is 24.2. The van der Waals surface area contributed by atoms with E-state index in [-0.39, 0.29) is 6.04 Å². The Morgan fingerprint density at radius 2 is 2.00 bits per heavy atom. The molecule has 0 bridgehead atoms. The van der Waals surface area contributed by atoms with Crippen molar-refractivity contribution in [2.24, 2.45) is 11.7 Å². The van der Waals surface area contributed by atoms with Crippen LogP contribution >= 0.6 is 0 Å². The summed E-state index contributed by atoms with van der Waals surface area (Å²) in [7, 11) is 0. The van der Waals surface area contributed by atoms with Crippen LogP contribution in [0.25, 0.3) is 0 Å². The summed E-state index contributed by atoms with van der Waals surface area (Å²) >= 11 is 0. The van der Waals surface area contributed by atoms with Crippen LogP contribution in [0.5, 0.6) is 0 Å². The fraction of sp³-hybridized carbons (Fsp3) is 0.600. The quantitative estimate of drug-likeness (QED) is 0.851. The Balaban J connectivity index is 1.86. The van der Waals surface area contributed by atoms with Crippen molar-refractivity contribution in [1.82, 2.24) is 9.97 Å². The molecule has 1 aromatic rings. The summed E-state index contributed by atoms with van der Waals surface area (Å²) in [5.74, 6) is 0.840. The molecule has 94 valence electrons. The Morgan fingerprint density at radius 3 is 2.47 bits per heavy atom. The maximum atomic E-state index is 12.2. The Bertz CT molecular complexity index is 370. The molecule has 0 radical (unpaired) electrons. The Hall–Kier alpha value is -1.37. The lowest BCUT2D eigenvalue weighted by atomic mass is 9.81. The van der Waals surface area contributed by atoms with E-state index in [9.17, 15) is 13.2 Å². The molecule has 1 saturated carbocycles. The largest absolute Gasteiger partial charge is 0.434 e. The zero-order valence-electron chi connectivity index (χ0n) is 9.04. The maximum Gasteiger partial charge on any atom is 0.434 e. The molecule has 3 N–H and O–H groups in total. The summed E-state index contributed by atoms with van der Waals surface area (Å²) < 4.78 is 36.6. The van der Waals surface area contributed by atoms with Crippen molar-refractivity contribution in [3.05, 3.63) is 18.1 Å². The number of alkyl halides is 3. The van der Waals surface area contributed by atoms with Crippen LogP contribution in [0.1, 0.15) is 18.5 Å². The van der Waals surface area contributed by atoms with Crippen molar-refractivity contribution in [2.45, 2.75) is 25.1 Å². The predicted molar refractivity (Wildman–Crippen MR) is 56.2 cm³/mol. The summed E-state index contributed by atoms with van der Waals surface area (Å²) in [6, 6.07) is 0.264. The first-order valence-corrected chi connectivity index (χ1v) is 5.34. The highest BCUT2D eigenvalue weighted by Gasteiger charge is 2.32. The highest BCUT2D eigenvalue weighted by Crippen LogP contribution is 2.27. The molecule has 0 aliphatic heterocycles. The molecule has 1 heterocycles. The molecule has 1 fully saturated rings. The predicted octanol–water partition coefficient (Wildman–Crippen LogP) is 1.64. The third kappa shape index (κ3) is 3.06. The van der Waals surface area contributed by atoms with Crippen LogP contribution < -0.4 is 11.1 Å². The Morgan fingerprint density at radius 1 is 1.29 bits per heavy atom. The number of aromatic nitrogens is 2. The second kappa shape index (κ2) is 4.48. The van der Waals surface area contributed by atoms with E-state index >= 15 is 0 Å². The molecule has 1 aliphatic carbocycles. The average Bonchev–Trinajstić information content (AvgIpc) is 2.22. The van der Waals surface area contributed by atoms with E-state index < -0.39 is 11.9 Å². The minimum Gasteiger partial charge on any atom is -0.369 e. The van der Waals surface area contributed by atoms with E-state index in [1.165, 1.54) is 0 Å².